The Morgan fingerprint density at radius 2 is 1.62 bits per heavy atom. The molecule has 2 aromatic carbocycles. The molecule has 0 aromatic heterocycles. The molecule has 6 heteroatoms. The molecule has 1 saturated heterocycles. The van der Waals surface area contributed by atoms with Gasteiger partial charge in [0.1, 0.15) is 6.61 Å². The molecule has 2 N–H and O–H groups in total. The normalized spacial score (nSPS) is 13.9. The summed E-state index contributed by atoms with van der Waals surface area (Å²) < 4.78 is 11.8. The highest BCUT2D eigenvalue weighted by molar-refractivity contribution is 5.43. The Morgan fingerprint density at radius 1 is 0.931 bits per heavy atom. The second kappa shape index (κ2) is 13.7. The van der Waals surface area contributed by atoms with E-state index in [2.05, 4.69) is 54.0 Å². The van der Waals surface area contributed by atoms with Crippen molar-refractivity contribution >= 4 is 0 Å². The zero-order valence-electron chi connectivity index (χ0n) is 17.3. The molecule has 0 amide bonds. The molecule has 1 aliphatic heterocycles. The van der Waals surface area contributed by atoms with Gasteiger partial charge in [-0.25, -0.2) is 0 Å². The average molecular weight is 439 g/mol. The number of nitrogens with one attached hydrogen (secondary N) is 2. The minimum Gasteiger partial charge on any atom is -1.00 e. The molecule has 3 rings (SSSR count). The minimum atomic E-state index is 0. The van der Waals surface area contributed by atoms with Crippen LogP contribution in [0.4, 0.5) is 0 Å². The van der Waals surface area contributed by atoms with Crippen LogP contribution < -0.4 is 44.9 Å². The molecule has 2 aromatic rings. The zero-order valence-corrected chi connectivity index (χ0v) is 18.9. The summed E-state index contributed by atoms with van der Waals surface area (Å²) in [5.74, 6) is 2.42. The molecule has 1 aliphatic rings. The van der Waals surface area contributed by atoms with Gasteiger partial charge in [0, 0.05) is 6.54 Å². The first kappa shape index (κ1) is 25.6. The van der Waals surface area contributed by atoms with E-state index in [0.717, 1.165) is 49.2 Å². The van der Waals surface area contributed by atoms with Gasteiger partial charge in [0.25, 0.3) is 0 Å². The molecule has 0 saturated carbocycles. The third kappa shape index (κ3) is 8.43. The Hall–Kier alpha value is -1.46. The number of hydrogen-bond acceptors (Lipinski definition) is 4. The van der Waals surface area contributed by atoms with Gasteiger partial charge in [-0.2, -0.15) is 0 Å². The number of hydrogen-bond donors (Lipinski definition) is 2. The average Bonchev–Trinajstić information content (AvgIpc) is 2.70. The quantitative estimate of drug-likeness (QED) is 0.478. The van der Waals surface area contributed by atoms with E-state index >= 15 is 0 Å². The third-order valence-electron chi connectivity index (χ3n) is 5.04. The van der Waals surface area contributed by atoms with Crippen LogP contribution in [0.15, 0.2) is 42.5 Å². The molecule has 0 aliphatic carbocycles. The fourth-order valence-corrected chi connectivity index (χ4v) is 3.40. The lowest BCUT2D eigenvalue weighted by molar-refractivity contribution is -0.001000. The fraction of sp³-hybridized carbons (Fsp3) is 0.478. The molecule has 0 bridgehead atoms. The van der Waals surface area contributed by atoms with Gasteiger partial charge in [-0.1, -0.05) is 35.9 Å². The maximum Gasteiger partial charge on any atom is 0.161 e. The Kier molecular flexibility index (Phi) is 12.1. The topological polar surface area (TPSA) is 42.5 Å². The summed E-state index contributed by atoms with van der Waals surface area (Å²) in [6.07, 6.45) is 2.53. The summed E-state index contributed by atoms with van der Waals surface area (Å²) in [5.41, 5.74) is 3.65. The summed E-state index contributed by atoms with van der Waals surface area (Å²) in [5, 5.41) is 7.02. The van der Waals surface area contributed by atoms with E-state index in [1.165, 1.54) is 24.0 Å². The van der Waals surface area contributed by atoms with Crippen molar-refractivity contribution in [2.45, 2.75) is 39.8 Å². The summed E-state index contributed by atoms with van der Waals surface area (Å²) in [7, 11) is 0. The number of halogens is 2. The molecule has 162 valence electrons. The van der Waals surface area contributed by atoms with Crippen LogP contribution in [0.2, 0.25) is 0 Å². The minimum absolute atomic E-state index is 0. The second-order valence-electron chi connectivity index (χ2n) is 7.31. The Morgan fingerprint density at radius 3 is 2.31 bits per heavy atom. The van der Waals surface area contributed by atoms with Crippen molar-refractivity contribution in [3.05, 3.63) is 59.2 Å². The number of rotatable bonds is 9. The lowest BCUT2D eigenvalue weighted by atomic mass is 9.98. The molecule has 0 unspecified atom stereocenters. The maximum atomic E-state index is 6.02. The fourth-order valence-electron chi connectivity index (χ4n) is 3.40. The molecular formula is C23H32Cl2N2O2-2. The van der Waals surface area contributed by atoms with Gasteiger partial charge in [0.15, 0.2) is 11.5 Å². The lowest BCUT2D eigenvalue weighted by Crippen LogP contribution is -3.00. The van der Waals surface area contributed by atoms with Gasteiger partial charge >= 0.3 is 0 Å². The summed E-state index contributed by atoms with van der Waals surface area (Å²) in [6, 6.07) is 14.7. The van der Waals surface area contributed by atoms with Gasteiger partial charge < -0.3 is 44.9 Å². The van der Waals surface area contributed by atoms with Crippen molar-refractivity contribution in [1.29, 1.82) is 0 Å². The van der Waals surface area contributed by atoms with Crippen molar-refractivity contribution in [2.24, 2.45) is 5.92 Å². The summed E-state index contributed by atoms with van der Waals surface area (Å²) in [6.45, 7) is 9.52. The van der Waals surface area contributed by atoms with Crippen molar-refractivity contribution < 1.29 is 34.3 Å². The maximum absolute atomic E-state index is 6.02. The Labute approximate surface area is 187 Å². The summed E-state index contributed by atoms with van der Waals surface area (Å²) >= 11 is 0. The SMILES string of the molecule is CCOc1cc(CNCC2CCNCC2)ccc1OCc1ccc(C)cc1.[Cl-].[Cl-]. The van der Waals surface area contributed by atoms with Crippen LogP contribution in [-0.2, 0) is 13.2 Å². The van der Waals surface area contributed by atoms with E-state index in [9.17, 15) is 0 Å². The lowest BCUT2D eigenvalue weighted by Gasteiger charge is -2.23. The molecule has 4 nitrogen and oxygen atoms in total. The van der Waals surface area contributed by atoms with Crippen molar-refractivity contribution in [2.75, 3.05) is 26.2 Å². The zero-order chi connectivity index (χ0) is 18.9. The van der Waals surface area contributed by atoms with Gasteiger partial charge in [0.2, 0.25) is 0 Å². The highest BCUT2D eigenvalue weighted by atomic mass is 35.5. The molecule has 0 radical (unpaired) electrons. The Balaban J connectivity index is 0.00000210. The molecule has 0 atom stereocenters. The number of ether oxygens (including phenoxy) is 2. The van der Waals surface area contributed by atoms with Crippen LogP contribution in [0.25, 0.3) is 0 Å². The van der Waals surface area contributed by atoms with Crippen molar-refractivity contribution in [1.82, 2.24) is 10.6 Å². The molecule has 29 heavy (non-hydrogen) atoms. The standard InChI is InChI=1S/C23H32N2O2.2ClH/c1-3-26-23-14-21(16-25-15-19-10-12-24-13-11-19)8-9-22(23)27-17-20-6-4-18(2)5-7-20;;/h4-9,14,19,24-25H,3,10-13,15-17H2,1-2H3;2*1H/p-2. The first-order valence-electron chi connectivity index (χ1n) is 10.1. The number of piperidine rings is 1. The molecule has 1 fully saturated rings. The molecule has 1 heterocycles. The van der Waals surface area contributed by atoms with Gasteiger partial charge in [-0.05, 0) is 75.5 Å². The highest BCUT2D eigenvalue weighted by Gasteiger charge is 2.12. The molecule has 0 spiro atoms. The van der Waals surface area contributed by atoms with E-state index in [1.807, 2.05) is 13.0 Å². The number of aryl methyl sites for hydroxylation is 1. The monoisotopic (exact) mass is 438 g/mol. The van der Waals surface area contributed by atoms with E-state index in [4.69, 9.17) is 9.47 Å². The second-order valence-corrected chi connectivity index (χ2v) is 7.31. The van der Waals surface area contributed by atoms with Gasteiger partial charge in [-0.3, -0.25) is 0 Å². The van der Waals surface area contributed by atoms with E-state index in [0.29, 0.717) is 13.2 Å². The molecular weight excluding hydrogens is 407 g/mol. The number of benzene rings is 2. The Bertz CT molecular complexity index is 705. The van der Waals surface area contributed by atoms with Crippen LogP contribution in [0.5, 0.6) is 11.5 Å². The van der Waals surface area contributed by atoms with E-state index < -0.39 is 0 Å². The van der Waals surface area contributed by atoms with Crippen LogP contribution in [-0.4, -0.2) is 26.2 Å². The van der Waals surface area contributed by atoms with Crippen molar-refractivity contribution in [3.63, 3.8) is 0 Å². The van der Waals surface area contributed by atoms with Gasteiger partial charge in [0.05, 0.1) is 6.61 Å². The smallest absolute Gasteiger partial charge is 0.161 e. The van der Waals surface area contributed by atoms with E-state index in [-0.39, 0.29) is 24.8 Å². The summed E-state index contributed by atoms with van der Waals surface area (Å²) in [4.78, 5) is 0. The first-order valence-corrected chi connectivity index (χ1v) is 10.1. The van der Waals surface area contributed by atoms with Crippen LogP contribution >= 0.6 is 0 Å². The predicted molar refractivity (Wildman–Crippen MR) is 110 cm³/mol. The van der Waals surface area contributed by atoms with Crippen LogP contribution in [0.3, 0.4) is 0 Å². The van der Waals surface area contributed by atoms with Crippen molar-refractivity contribution in [3.8, 4) is 11.5 Å². The van der Waals surface area contributed by atoms with Crippen LogP contribution in [0, 0.1) is 12.8 Å². The highest BCUT2D eigenvalue weighted by Crippen LogP contribution is 2.29. The third-order valence-corrected chi connectivity index (χ3v) is 5.04. The van der Waals surface area contributed by atoms with Crippen LogP contribution in [0.1, 0.15) is 36.5 Å². The largest absolute Gasteiger partial charge is 1.00 e. The predicted octanol–water partition coefficient (Wildman–Crippen LogP) is -1.93. The van der Waals surface area contributed by atoms with E-state index in [1.54, 1.807) is 0 Å². The first-order chi connectivity index (χ1) is 13.2. The van der Waals surface area contributed by atoms with Gasteiger partial charge in [-0.15, -0.1) is 0 Å².